The zero-order valence-corrected chi connectivity index (χ0v) is 12.9. The summed E-state index contributed by atoms with van der Waals surface area (Å²) in [6.07, 6.45) is 5.72. The Bertz CT molecular complexity index is 693. The van der Waals surface area contributed by atoms with Gasteiger partial charge in [-0.2, -0.15) is 0 Å². The molecule has 9 heteroatoms. The summed E-state index contributed by atoms with van der Waals surface area (Å²) in [5.74, 6) is 0.432. The van der Waals surface area contributed by atoms with Crippen LogP contribution in [0, 0.1) is 0 Å². The predicted octanol–water partition coefficient (Wildman–Crippen LogP) is 1.87. The minimum absolute atomic E-state index is 0.0411. The van der Waals surface area contributed by atoms with Gasteiger partial charge in [0, 0.05) is 29.6 Å². The van der Waals surface area contributed by atoms with Crippen LogP contribution < -0.4 is 10.0 Å². The fourth-order valence-corrected chi connectivity index (χ4v) is 3.11. The highest BCUT2D eigenvalue weighted by atomic mass is 79.9. The molecular formula is C11H12BrN5O2S. The van der Waals surface area contributed by atoms with Crippen LogP contribution in [-0.2, 0) is 10.0 Å². The molecule has 0 saturated heterocycles. The molecule has 0 spiro atoms. The molecule has 2 rings (SSSR count). The van der Waals surface area contributed by atoms with E-state index in [-0.39, 0.29) is 16.5 Å². The van der Waals surface area contributed by atoms with Crippen molar-refractivity contribution in [2.75, 3.05) is 16.6 Å². The summed E-state index contributed by atoms with van der Waals surface area (Å²) in [7, 11) is -3.80. The molecule has 0 atom stereocenters. The van der Waals surface area contributed by atoms with Crippen molar-refractivity contribution in [1.29, 1.82) is 0 Å². The van der Waals surface area contributed by atoms with E-state index in [1.165, 1.54) is 30.9 Å². The molecule has 0 bridgehead atoms. The quantitative estimate of drug-likeness (QED) is 0.847. The summed E-state index contributed by atoms with van der Waals surface area (Å²) < 4.78 is 27.7. The summed E-state index contributed by atoms with van der Waals surface area (Å²) in [6.45, 7) is 2.42. The van der Waals surface area contributed by atoms with Gasteiger partial charge in [0.1, 0.15) is 10.7 Å². The van der Waals surface area contributed by atoms with Crippen molar-refractivity contribution in [2.24, 2.45) is 0 Å². The Hall–Kier alpha value is -1.74. The summed E-state index contributed by atoms with van der Waals surface area (Å²) in [5, 5.41) is 2.91. The molecule has 0 saturated carbocycles. The van der Waals surface area contributed by atoms with Crippen LogP contribution in [0.25, 0.3) is 0 Å². The number of halogens is 1. The molecule has 2 heterocycles. The summed E-state index contributed by atoms with van der Waals surface area (Å²) >= 11 is 3.21. The van der Waals surface area contributed by atoms with Crippen molar-refractivity contribution in [1.82, 2.24) is 15.0 Å². The standard InChI is InChI=1S/C11H12BrN5O2S/c1-2-14-11-9(5-8(12)6-16-11)20(18,19)17-10-7-13-3-4-15-10/h3-7H,2H2,1H3,(H,14,16)(H,15,17). The van der Waals surface area contributed by atoms with E-state index in [0.717, 1.165) is 0 Å². The van der Waals surface area contributed by atoms with Crippen molar-refractivity contribution in [2.45, 2.75) is 11.8 Å². The van der Waals surface area contributed by atoms with Gasteiger partial charge in [-0.1, -0.05) is 0 Å². The highest BCUT2D eigenvalue weighted by molar-refractivity contribution is 9.10. The Morgan fingerprint density at radius 3 is 2.70 bits per heavy atom. The topological polar surface area (TPSA) is 96.9 Å². The van der Waals surface area contributed by atoms with Crippen molar-refractivity contribution in [3.8, 4) is 0 Å². The third-order valence-electron chi connectivity index (χ3n) is 2.26. The zero-order valence-electron chi connectivity index (χ0n) is 10.5. The molecule has 0 aromatic carbocycles. The van der Waals surface area contributed by atoms with Crippen LogP contribution >= 0.6 is 15.9 Å². The maximum absolute atomic E-state index is 12.4. The van der Waals surface area contributed by atoms with Gasteiger partial charge in [0.05, 0.1) is 6.20 Å². The van der Waals surface area contributed by atoms with E-state index in [1.54, 1.807) is 0 Å². The predicted molar refractivity (Wildman–Crippen MR) is 78.9 cm³/mol. The molecule has 0 aliphatic heterocycles. The van der Waals surface area contributed by atoms with Gasteiger partial charge < -0.3 is 5.32 Å². The molecule has 0 amide bonds. The maximum Gasteiger partial charge on any atom is 0.266 e. The third kappa shape index (κ3) is 3.42. The first-order chi connectivity index (χ1) is 9.53. The lowest BCUT2D eigenvalue weighted by Crippen LogP contribution is -2.17. The number of hydrogen-bond acceptors (Lipinski definition) is 6. The van der Waals surface area contributed by atoms with Crippen LogP contribution in [0.15, 0.2) is 40.2 Å². The Balaban J connectivity index is 2.41. The lowest BCUT2D eigenvalue weighted by atomic mass is 10.4. The normalized spacial score (nSPS) is 11.1. The second-order valence-corrected chi connectivity index (χ2v) is 6.29. The number of nitrogens with zero attached hydrogens (tertiary/aromatic N) is 3. The number of sulfonamides is 1. The Kier molecular flexibility index (Phi) is 4.50. The minimum atomic E-state index is -3.80. The molecule has 2 N–H and O–H groups in total. The Labute approximate surface area is 125 Å². The molecule has 7 nitrogen and oxygen atoms in total. The molecule has 0 fully saturated rings. The highest BCUT2D eigenvalue weighted by Gasteiger charge is 2.20. The Morgan fingerprint density at radius 1 is 1.25 bits per heavy atom. The molecule has 0 radical (unpaired) electrons. The van der Waals surface area contributed by atoms with Gasteiger partial charge in [0.2, 0.25) is 0 Å². The number of pyridine rings is 1. The molecule has 0 aliphatic carbocycles. The fraction of sp³-hybridized carbons (Fsp3) is 0.182. The first-order valence-electron chi connectivity index (χ1n) is 5.71. The molecule has 0 unspecified atom stereocenters. The van der Waals surface area contributed by atoms with Gasteiger partial charge in [-0.25, -0.2) is 18.4 Å². The lowest BCUT2D eigenvalue weighted by molar-refractivity contribution is 0.601. The van der Waals surface area contributed by atoms with Crippen molar-refractivity contribution >= 4 is 37.6 Å². The van der Waals surface area contributed by atoms with Crippen molar-refractivity contribution < 1.29 is 8.42 Å². The summed E-state index contributed by atoms with van der Waals surface area (Å²) in [4.78, 5) is 11.8. The van der Waals surface area contributed by atoms with E-state index in [0.29, 0.717) is 11.0 Å². The largest absolute Gasteiger partial charge is 0.369 e. The minimum Gasteiger partial charge on any atom is -0.369 e. The average Bonchev–Trinajstić information content (AvgIpc) is 2.41. The van der Waals surface area contributed by atoms with Gasteiger partial charge >= 0.3 is 0 Å². The molecule has 0 aliphatic rings. The summed E-state index contributed by atoms with van der Waals surface area (Å²) in [5.41, 5.74) is 0. The van der Waals surface area contributed by atoms with Crippen LogP contribution in [0.5, 0.6) is 0 Å². The third-order valence-corrected chi connectivity index (χ3v) is 4.06. The van der Waals surface area contributed by atoms with Gasteiger partial charge in [0.25, 0.3) is 10.0 Å². The SMILES string of the molecule is CCNc1ncc(Br)cc1S(=O)(=O)Nc1cnccn1. The zero-order chi connectivity index (χ0) is 14.6. The molecular weight excluding hydrogens is 346 g/mol. The molecule has 2 aromatic rings. The first kappa shape index (κ1) is 14.7. The smallest absolute Gasteiger partial charge is 0.266 e. The first-order valence-corrected chi connectivity index (χ1v) is 7.99. The van der Waals surface area contributed by atoms with Crippen LogP contribution in [0.1, 0.15) is 6.92 Å². The molecule has 2 aromatic heterocycles. The second-order valence-electron chi connectivity index (χ2n) is 3.73. The van der Waals surface area contributed by atoms with Crippen LogP contribution in [-0.4, -0.2) is 29.9 Å². The Morgan fingerprint density at radius 2 is 2.05 bits per heavy atom. The van der Waals surface area contributed by atoms with Crippen molar-refractivity contribution in [3.63, 3.8) is 0 Å². The van der Waals surface area contributed by atoms with E-state index in [9.17, 15) is 8.42 Å². The summed E-state index contributed by atoms with van der Waals surface area (Å²) in [6, 6.07) is 1.48. The molecule has 106 valence electrons. The number of anilines is 2. The van der Waals surface area contributed by atoms with Crippen LogP contribution in [0.4, 0.5) is 11.6 Å². The highest BCUT2D eigenvalue weighted by Crippen LogP contribution is 2.24. The van der Waals surface area contributed by atoms with Crippen LogP contribution in [0.3, 0.4) is 0 Å². The van der Waals surface area contributed by atoms with E-state index < -0.39 is 10.0 Å². The molecule has 20 heavy (non-hydrogen) atoms. The van der Waals surface area contributed by atoms with Gasteiger partial charge in [0.15, 0.2) is 5.82 Å². The maximum atomic E-state index is 12.4. The number of rotatable bonds is 5. The fourth-order valence-electron chi connectivity index (χ4n) is 1.47. The second kappa shape index (κ2) is 6.14. The van der Waals surface area contributed by atoms with E-state index >= 15 is 0 Å². The van der Waals surface area contributed by atoms with Gasteiger partial charge in [-0.15, -0.1) is 0 Å². The van der Waals surface area contributed by atoms with Crippen molar-refractivity contribution in [3.05, 3.63) is 35.3 Å². The van der Waals surface area contributed by atoms with Gasteiger partial charge in [-0.05, 0) is 28.9 Å². The average molecular weight is 358 g/mol. The van der Waals surface area contributed by atoms with Gasteiger partial charge in [-0.3, -0.25) is 9.71 Å². The van der Waals surface area contributed by atoms with E-state index in [2.05, 4.69) is 40.9 Å². The van der Waals surface area contributed by atoms with Crippen LogP contribution in [0.2, 0.25) is 0 Å². The van der Waals surface area contributed by atoms with E-state index in [1.807, 2.05) is 6.92 Å². The monoisotopic (exact) mass is 357 g/mol. The lowest BCUT2D eigenvalue weighted by Gasteiger charge is -2.11. The number of aromatic nitrogens is 3. The number of hydrogen-bond donors (Lipinski definition) is 2. The van der Waals surface area contributed by atoms with E-state index in [4.69, 9.17) is 0 Å². The number of nitrogens with one attached hydrogen (secondary N) is 2.